The molecule has 0 saturated carbocycles. The van der Waals surface area contributed by atoms with Crippen LogP contribution in [0.2, 0.25) is 0 Å². The minimum absolute atomic E-state index is 0.0497. The molecule has 1 aliphatic rings. The zero-order valence-corrected chi connectivity index (χ0v) is 12.0. The van der Waals surface area contributed by atoms with Gasteiger partial charge in [0.15, 0.2) is 0 Å². The molecule has 0 spiro atoms. The van der Waals surface area contributed by atoms with Gasteiger partial charge in [0.05, 0.1) is 19.8 Å². The fourth-order valence-corrected chi connectivity index (χ4v) is 2.16. The smallest absolute Gasteiger partial charge is 0.238 e. The van der Waals surface area contributed by atoms with E-state index in [1.54, 1.807) is 0 Å². The fourth-order valence-electron chi connectivity index (χ4n) is 2.16. The lowest BCUT2D eigenvalue weighted by molar-refractivity contribution is -0.122. The molecule has 4 heteroatoms. The average Bonchev–Trinajstić information content (AvgIpc) is 2.47. The Balaban J connectivity index is 1.75. The number of morpholine rings is 1. The number of ether oxygens (including phenoxy) is 1. The third-order valence-electron chi connectivity index (χ3n) is 3.29. The molecule has 0 bridgehead atoms. The van der Waals surface area contributed by atoms with Crippen molar-refractivity contribution in [3.05, 3.63) is 47.7 Å². The third kappa shape index (κ3) is 5.15. The van der Waals surface area contributed by atoms with E-state index >= 15 is 0 Å². The lowest BCUT2D eigenvalue weighted by atomic mass is 10.1. The summed E-state index contributed by atoms with van der Waals surface area (Å²) < 4.78 is 5.27. The van der Waals surface area contributed by atoms with Crippen molar-refractivity contribution >= 4 is 5.91 Å². The van der Waals surface area contributed by atoms with Gasteiger partial charge in [-0.3, -0.25) is 9.69 Å². The first-order valence-corrected chi connectivity index (χ1v) is 7.04. The highest BCUT2D eigenvalue weighted by Crippen LogP contribution is 2.02. The molecule has 1 saturated heterocycles. The van der Waals surface area contributed by atoms with Crippen molar-refractivity contribution in [2.75, 3.05) is 32.8 Å². The number of benzene rings is 1. The third-order valence-corrected chi connectivity index (χ3v) is 3.29. The van der Waals surface area contributed by atoms with Crippen LogP contribution in [0, 0.1) is 0 Å². The lowest BCUT2D eigenvalue weighted by Crippen LogP contribution is -2.42. The van der Waals surface area contributed by atoms with Gasteiger partial charge in [-0.15, -0.1) is 0 Å². The summed E-state index contributed by atoms with van der Waals surface area (Å²) in [6.45, 7) is 5.48. The predicted molar refractivity (Wildman–Crippen MR) is 79.3 cm³/mol. The quantitative estimate of drug-likeness (QED) is 0.886. The Morgan fingerprint density at radius 2 is 2.00 bits per heavy atom. The van der Waals surface area contributed by atoms with Gasteiger partial charge < -0.3 is 10.1 Å². The standard InChI is InChI=1S/C16H22N2O2/c1-14(7-8-15-5-3-2-4-6-15)17-16(19)13-18-9-11-20-12-10-18/h2-7H,8-13H2,1H3,(H,17,19)/b14-7+. The highest BCUT2D eigenvalue weighted by atomic mass is 16.5. The summed E-state index contributed by atoms with van der Waals surface area (Å²) in [5, 5.41) is 2.94. The van der Waals surface area contributed by atoms with Crippen LogP contribution >= 0.6 is 0 Å². The van der Waals surface area contributed by atoms with Crippen LogP contribution < -0.4 is 5.32 Å². The van der Waals surface area contributed by atoms with Crippen LogP contribution in [-0.4, -0.2) is 43.7 Å². The van der Waals surface area contributed by atoms with E-state index in [-0.39, 0.29) is 5.91 Å². The first-order valence-electron chi connectivity index (χ1n) is 7.04. The minimum Gasteiger partial charge on any atom is -0.379 e. The minimum atomic E-state index is 0.0497. The van der Waals surface area contributed by atoms with Crippen molar-refractivity contribution < 1.29 is 9.53 Å². The number of hydrogen-bond acceptors (Lipinski definition) is 3. The summed E-state index contributed by atoms with van der Waals surface area (Å²) in [4.78, 5) is 14.0. The number of carbonyl (C=O) groups excluding carboxylic acids is 1. The van der Waals surface area contributed by atoms with Gasteiger partial charge in [-0.25, -0.2) is 0 Å². The molecular formula is C16H22N2O2. The molecule has 1 aromatic rings. The molecule has 20 heavy (non-hydrogen) atoms. The number of allylic oxidation sites excluding steroid dienone is 2. The van der Waals surface area contributed by atoms with Gasteiger partial charge in [-0.05, 0) is 18.9 Å². The molecule has 0 atom stereocenters. The van der Waals surface area contributed by atoms with Crippen molar-refractivity contribution in [2.45, 2.75) is 13.3 Å². The van der Waals surface area contributed by atoms with E-state index in [0.717, 1.165) is 38.4 Å². The molecule has 0 aromatic heterocycles. The molecule has 0 aliphatic carbocycles. The van der Waals surface area contributed by atoms with Gasteiger partial charge >= 0.3 is 0 Å². The Morgan fingerprint density at radius 3 is 2.70 bits per heavy atom. The lowest BCUT2D eigenvalue weighted by Gasteiger charge is -2.25. The number of amides is 1. The Morgan fingerprint density at radius 1 is 1.30 bits per heavy atom. The molecule has 1 aliphatic heterocycles. The van der Waals surface area contributed by atoms with Crippen LogP contribution in [-0.2, 0) is 16.0 Å². The van der Waals surface area contributed by atoms with E-state index in [9.17, 15) is 4.79 Å². The Bertz CT molecular complexity index is 451. The maximum atomic E-state index is 11.9. The molecule has 1 aromatic carbocycles. The molecule has 1 N–H and O–H groups in total. The molecule has 108 valence electrons. The molecule has 1 heterocycles. The maximum absolute atomic E-state index is 11.9. The second-order valence-electron chi connectivity index (χ2n) is 5.01. The Labute approximate surface area is 120 Å². The van der Waals surface area contributed by atoms with Crippen LogP contribution in [0.3, 0.4) is 0 Å². The number of carbonyl (C=O) groups is 1. The van der Waals surface area contributed by atoms with Crippen molar-refractivity contribution in [3.63, 3.8) is 0 Å². The molecule has 0 unspecified atom stereocenters. The number of nitrogens with one attached hydrogen (secondary N) is 1. The molecule has 4 nitrogen and oxygen atoms in total. The second-order valence-corrected chi connectivity index (χ2v) is 5.01. The first kappa shape index (κ1) is 14.8. The van der Waals surface area contributed by atoms with E-state index in [4.69, 9.17) is 4.74 Å². The number of nitrogens with zero attached hydrogens (tertiary/aromatic N) is 1. The highest BCUT2D eigenvalue weighted by Gasteiger charge is 2.13. The second kappa shape index (κ2) is 7.82. The summed E-state index contributed by atoms with van der Waals surface area (Å²) in [6.07, 6.45) is 2.89. The van der Waals surface area contributed by atoms with Gasteiger partial charge in [0, 0.05) is 18.8 Å². The van der Waals surface area contributed by atoms with Crippen molar-refractivity contribution in [1.29, 1.82) is 0 Å². The van der Waals surface area contributed by atoms with E-state index in [1.165, 1.54) is 5.56 Å². The van der Waals surface area contributed by atoms with Crippen molar-refractivity contribution in [3.8, 4) is 0 Å². The molecule has 1 fully saturated rings. The Hall–Kier alpha value is -1.65. The average molecular weight is 274 g/mol. The van der Waals surface area contributed by atoms with E-state index in [0.29, 0.717) is 6.54 Å². The van der Waals surface area contributed by atoms with Gasteiger partial charge in [-0.1, -0.05) is 36.4 Å². The predicted octanol–water partition coefficient (Wildman–Crippen LogP) is 1.58. The van der Waals surface area contributed by atoms with E-state index in [2.05, 4.69) is 22.3 Å². The normalized spacial score (nSPS) is 16.9. The molecule has 1 amide bonds. The summed E-state index contributed by atoms with van der Waals surface area (Å²) in [6, 6.07) is 10.2. The van der Waals surface area contributed by atoms with Crippen LogP contribution in [0.4, 0.5) is 0 Å². The monoisotopic (exact) mass is 274 g/mol. The van der Waals surface area contributed by atoms with Crippen LogP contribution in [0.15, 0.2) is 42.1 Å². The van der Waals surface area contributed by atoms with Crippen LogP contribution in [0.25, 0.3) is 0 Å². The summed E-state index contributed by atoms with van der Waals surface area (Å²) in [5.41, 5.74) is 2.15. The maximum Gasteiger partial charge on any atom is 0.238 e. The zero-order chi connectivity index (χ0) is 14.2. The van der Waals surface area contributed by atoms with Gasteiger partial charge in [0.1, 0.15) is 0 Å². The summed E-state index contributed by atoms with van der Waals surface area (Å²) in [5.74, 6) is 0.0497. The summed E-state index contributed by atoms with van der Waals surface area (Å²) in [7, 11) is 0. The number of hydrogen-bond donors (Lipinski definition) is 1. The van der Waals surface area contributed by atoms with Gasteiger partial charge in [0.25, 0.3) is 0 Å². The van der Waals surface area contributed by atoms with Crippen LogP contribution in [0.1, 0.15) is 12.5 Å². The fraction of sp³-hybridized carbons (Fsp3) is 0.438. The van der Waals surface area contributed by atoms with E-state index < -0.39 is 0 Å². The van der Waals surface area contributed by atoms with Gasteiger partial charge in [0.2, 0.25) is 5.91 Å². The zero-order valence-electron chi connectivity index (χ0n) is 12.0. The first-order chi connectivity index (χ1) is 9.74. The topological polar surface area (TPSA) is 41.6 Å². The Kier molecular flexibility index (Phi) is 5.77. The summed E-state index contributed by atoms with van der Waals surface area (Å²) >= 11 is 0. The largest absolute Gasteiger partial charge is 0.379 e. The molecule has 0 radical (unpaired) electrons. The molecular weight excluding hydrogens is 252 g/mol. The van der Waals surface area contributed by atoms with Crippen LogP contribution in [0.5, 0.6) is 0 Å². The van der Waals surface area contributed by atoms with Gasteiger partial charge in [-0.2, -0.15) is 0 Å². The van der Waals surface area contributed by atoms with E-state index in [1.807, 2.05) is 31.2 Å². The molecule has 2 rings (SSSR count). The highest BCUT2D eigenvalue weighted by molar-refractivity contribution is 5.79. The van der Waals surface area contributed by atoms with Crippen molar-refractivity contribution in [2.24, 2.45) is 0 Å². The SMILES string of the molecule is C/C(=C\Cc1ccccc1)NC(=O)CN1CCOCC1. The van der Waals surface area contributed by atoms with Crippen molar-refractivity contribution in [1.82, 2.24) is 10.2 Å². The number of rotatable bonds is 5.